The zero-order valence-electron chi connectivity index (χ0n) is 22.5. The molecule has 2 heterocycles. The molecule has 3 saturated carbocycles. The maximum absolute atomic E-state index is 12.5. The summed E-state index contributed by atoms with van der Waals surface area (Å²) in [5, 5.41) is 77.1. The number of hydrogen-bond donors (Lipinski definition) is 7. The molecule has 11 nitrogen and oxygen atoms in total. The van der Waals surface area contributed by atoms with Crippen LogP contribution in [-0.4, -0.2) is 96.0 Å². The van der Waals surface area contributed by atoms with Crippen LogP contribution in [0.15, 0.2) is 39.8 Å². The van der Waals surface area contributed by atoms with Crippen LogP contribution in [0, 0.1) is 17.3 Å². The van der Waals surface area contributed by atoms with E-state index in [4.69, 9.17) is 13.9 Å². The molecule has 11 heteroatoms. The molecule has 5 aliphatic rings. The SMILES string of the molecule is C[C@]12CC[C@H]3[C@@H](CC[C@]4(O[C@@H]5O[C@H](CO)[C@@H](O)[C@H](O)[C@H]5O)C=CCC[C@]34O)[C@@]1(O)C[C@H](O)[C@@H]2c1ccc(=O)oc1. The minimum absolute atomic E-state index is 0.112. The Balaban J connectivity index is 1.33. The van der Waals surface area contributed by atoms with Crippen LogP contribution in [0.4, 0.5) is 0 Å². The van der Waals surface area contributed by atoms with Gasteiger partial charge in [-0.15, -0.1) is 0 Å². The van der Waals surface area contributed by atoms with Crippen LogP contribution in [-0.2, 0) is 9.47 Å². The van der Waals surface area contributed by atoms with E-state index in [1.807, 2.05) is 13.0 Å². The van der Waals surface area contributed by atoms with Crippen LogP contribution < -0.4 is 5.63 Å². The van der Waals surface area contributed by atoms with Crippen molar-refractivity contribution in [3.05, 3.63) is 46.5 Å². The quantitative estimate of drug-likeness (QED) is 0.187. The van der Waals surface area contributed by atoms with E-state index in [1.54, 1.807) is 12.1 Å². The summed E-state index contributed by atoms with van der Waals surface area (Å²) in [4.78, 5) is 11.6. The molecule has 0 radical (unpaired) electrons. The summed E-state index contributed by atoms with van der Waals surface area (Å²) >= 11 is 0. The maximum Gasteiger partial charge on any atom is 0.335 e. The van der Waals surface area contributed by atoms with Crippen molar-refractivity contribution in [2.45, 2.75) is 111 Å². The fraction of sp³-hybridized carbons (Fsp3) is 0.759. The number of aliphatic hydroxyl groups excluding tert-OH is 5. The van der Waals surface area contributed by atoms with Gasteiger partial charge < -0.3 is 49.6 Å². The first-order valence-corrected chi connectivity index (χ1v) is 14.3. The molecule has 7 N–H and O–H groups in total. The predicted octanol–water partition coefficient (Wildman–Crippen LogP) is -0.318. The number of ether oxygens (including phenoxy) is 2. The lowest BCUT2D eigenvalue weighted by Gasteiger charge is -2.64. The van der Waals surface area contributed by atoms with E-state index >= 15 is 0 Å². The van der Waals surface area contributed by atoms with Gasteiger partial charge in [-0.1, -0.05) is 19.1 Å². The Bertz CT molecular complexity index is 1180. The minimum Gasteiger partial charge on any atom is -0.431 e. The molecular formula is C29H40O11. The van der Waals surface area contributed by atoms with Gasteiger partial charge in [0.15, 0.2) is 6.29 Å². The highest BCUT2D eigenvalue weighted by Gasteiger charge is 2.72. The zero-order chi connectivity index (χ0) is 28.7. The van der Waals surface area contributed by atoms with Crippen LogP contribution in [0.2, 0.25) is 0 Å². The topological polar surface area (TPSA) is 190 Å². The second-order valence-electron chi connectivity index (χ2n) is 12.8. The molecular weight excluding hydrogens is 524 g/mol. The third-order valence-electron chi connectivity index (χ3n) is 11.2. The van der Waals surface area contributed by atoms with Crippen molar-refractivity contribution in [3.63, 3.8) is 0 Å². The third kappa shape index (κ3) is 3.79. The highest BCUT2D eigenvalue weighted by Crippen LogP contribution is 2.69. The van der Waals surface area contributed by atoms with Crippen LogP contribution in [0.3, 0.4) is 0 Å². The number of allylic oxidation sites excluding steroid dienone is 1. The van der Waals surface area contributed by atoms with Gasteiger partial charge in [-0.2, -0.15) is 0 Å². The van der Waals surface area contributed by atoms with Gasteiger partial charge >= 0.3 is 5.63 Å². The van der Waals surface area contributed by atoms with E-state index in [1.165, 1.54) is 12.3 Å². The van der Waals surface area contributed by atoms with Gasteiger partial charge in [0.1, 0.15) is 35.6 Å². The lowest BCUT2D eigenvalue weighted by atomic mass is 9.46. The van der Waals surface area contributed by atoms with Gasteiger partial charge in [-0.3, -0.25) is 0 Å². The molecule has 40 heavy (non-hydrogen) atoms. The Morgan fingerprint density at radius 1 is 0.975 bits per heavy atom. The van der Waals surface area contributed by atoms with Gasteiger partial charge in [0, 0.05) is 23.8 Å². The Morgan fingerprint density at radius 3 is 2.40 bits per heavy atom. The summed E-state index contributed by atoms with van der Waals surface area (Å²) in [5.74, 6) is -1.24. The number of aliphatic hydroxyl groups is 7. The molecule has 0 unspecified atom stereocenters. The molecule has 0 amide bonds. The van der Waals surface area contributed by atoms with Crippen molar-refractivity contribution in [1.82, 2.24) is 0 Å². The summed E-state index contributed by atoms with van der Waals surface area (Å²) < 4.78 is 17.1. The average Bonchev–Trinajstić information content (AvgIpc) is 3.14. The first-order valence-electron chi connectivity index (χ1n) is 14.3. The van der Waals surface area contributed by atoms with E-state index in [0.29, 0.717) is 37.7 Å². The average molecular weight is 565 g/mol. The van der Waals surface area contributed by atoms with Crippen molar-refractivity contribution < 1.29 is 49.6 Å². The van der Waals surface area contributed by atoms with Crippen molar-refractivity contribution in [2.75, 3.05) is 6.61 Å². The second-order valence-corrected chi connectivity index (χ2v) is 12.8. The highest BCUT2D eigenvalue weighted by atomic mass is 16.7. The van der Waals surface area contributed by atoms with Crippen LogP contribution in [0.25, 0.3) is 0 Å². The second kappa shape index (κ2) is 9.68. The summed E-state index contributed by atoms with van der Waals surface area (Å²) in [6.45, 7) is 1.37. The number of fused-ring (bicyclic) bond motifs is 5. The van der Waals surface area contributed by atoms with E-state index in [2.05, 4.69) is 0 Å². The molecule has 13 atom stereocenters. The van der Waals surface area contributed by atoms with E-state index < -0.39 is 83.1 Å². The van der Waals surface area contributed by atoms with Gasteiger partial charge in [0.25, 0.3) is 0 Å². The van der Waals surface area contributed by atoms with Gasteiger partial charge in [-0.25, -0.2) is 4.79 Å². The van der Waals surface area contributed by atoms with Crippen molar-refractivity contribution in [3.8, 4) is 0 Å². The van der Waals surface area contributed by atoms with Gasteiger partial charge in [-0.05, 0) is 62.0 Å². The molecule has 1 aromatic heterocycles. The molecule has 0 aromatic carbocycles. The van der Waals surface area contributed by atoms with Crippen molar-refractivity contribution in [2.24, 2.45) is 17.3 Å². The largest absolute Gasteiger partial charge is 0.431 e. The first-order chi connectivity index (χ1) is 18.9. The van der Waals surface area contributed by atoms with Crippen LogP contribution in [0.1, 0.15) is 63.4 Å². The Morgan fingerprint density at radius 2 is 1.70 bits per heavy atom. The molecule has 4 aliphatic carbocycles. The summed E-state index contributed by atoms with van der Waals surface area (Å²) in [5.41, 5.74) is -4.66. The van der Waals surface area contributed by atoms with Crippen LogP contribution in [0.5, 0.6) is 0 Å². The Labute approximate surface area is 231 Å². The lowest BCUT2D eigenvalue weighted by Crippen LogP contribution is -2.72. The smallest absolute Gasteiger partial charge is 0.335 e. The van der Waals surface area contributed by atoms with Crippen molar-refractivity contribution >= 4 is 0 Å². The molecule has 0 bridgehead atoms. The van der Waals surface area contributed by atoms with E-state index in [9.17, 15) is 40.5 Å². The lowest BCUT2D eigenvalue weighted by molar-refractivity contribution is -0.357. The molecule has 0 spiro atoms. The molecule has 6 rings (SSSR count). The van der Waals surface area contributed by atoms with E-state index in [0.717, 1.165) is 0 Å². The fourth-order valence-electron chi connectivity index (χ4n) is 9.12. The number of rotatable bonds is 4. The minimum atomic E-state index is -1.61. The maximum atomic E-state index is 12.5. The Kier molecular flexibility index (Phi) is 6.89. The molecule has 222 valence electrons. The van der Waals surface area contributed by atoms with Gasteiger partial charge in [0.2, 0.25) is 0 Å². The van der Waals surface area contributed by atoms with Gasteiger partial charge in [0.05, 0.1) is 24.6 Å². The molecule has 1 aliphatic heterocycles. The molecule has 1 saturated heterocycles. The third-order valence-corrected chi connectivity index (χ3v) is 11.2. The zero-order valence-corrected chi connectivity index (χ0v) is 22.5. The van der Waals surface area contributed by atoms with Crippen LogP contribution >= 0.6 is 0 Å². The summed E-state index contributed by atoms with van der Waals surface area (Å²) in [6.07, 6.45) is -0.369. The number of hydrogen-bond acceptors (Lipinski definition) is 11. The summed E-state index contributed by atoms with van der Waals surface area (Å²) in [6, 6.07) is 2.96. The molecule has 4 fully saturated rings. The summed E-state index contributed by atoms with van der Waals surface area (Å²) in [7, 11) is 0. The first kappa shape index (κ1) is 28.4. The van der Waals surface area contributed by atoms with Crippen molar-refractivity contribution in [1.29, 1.82) is 0 Å². The normalized spacial score (nSPS) is 52.0. The molecule has 1 aromatic rings. The standard InChI is InChI=1S/C29H40O11/c1-26-10-6-16-17(29(26,37)12-18(31)21(26)15-4-5-20(32)38-14-15)7-11-27(8-2-3-9-28(16,27)36)40-25-24(35)23(34)22(33)19(13-30)39-25/h2,4-5,8,14,16-19,21-25,30-31,33-37H,3,6-7,9-13H2,1H3/t16-,17+,18-,19+,21-,22+,23-,24+,25-,26+,27+,28-,29-/m0/s1. The monoisotopic (exact) mass is 564 g/mol. The van der Waals surface area contributed by atoms with E-state index in [-0.39, 0.29) is 18.8 Å². The predicted molar refractivity (Wildman–Crippen MR) is 138 cm³/mol. The Hall–Kier alpha value is -1.67. The fourth-order valence-corrected chi connectivity index (χ4v) is 9.12. The highest BCUT2D eigenvalue weighted by molar-refractivity contribution is 5.32.